The normalized spacial score (nSPS) is 16.1. The highest BCUT2D eigenvalue weighted by atomic mass is 19.3. The number of alkyl halides is 2. The SMILES string of the molecule is Cc1nc(N[C@H](C)c2cccc(C(F)(F)C(C)(C)O)c2F)c2cc(C3(C#N)CC3)n(C)c(=O)c2n1. The third-order valence-electron chi connectivity index (χ3n) is 6.62. The molecule has 0 aliphatic heterocycles. The fourth-order valence-electron chi connectivity index (χ4n) is 4.24. The van der Waals surface area contributed by atoms with E-state index in [1.54, 1.807) is 27.0 Å². The number of nitrogens with one attached hydrogen (secondary N) is 1. The molecule has 1 fully saturated rings. The minimum absolute atomic E-state index is 0.0596. The molecule has 184 valence electrons. The second-order valence-corrected chi connectivity index (χ2v) is 9.68. The second-order valence-electron chi connectivity index (χ2n) is 9.68. The van der Waals surface area contributed by atoms with E-state index in [0.717, 1.165) is 19.9 Å². The van der Waals surface area contributed by atoms with E-state index >= 15 is 4.39 Å². The third-order valence-corrected chi connectivity index (χ3v) is 6.62. The van der Waals surface area contributed by atoms with Crippen LogP contribution in [0.3, 0.4) is 0 Å². The molecule has 0 unspecified atom stereocenters. The van der Waals surface area contributed by atoms with E-state index < -0.39 is 39.9 Å². The molecule has 0 saturated heterocycles. The van der Waals surface area contributed by atoms with Crippen LogP contribution >= 0.6 is 0 Å². The predicted octanol–water partition coefficient (Wildman–Crippen LogP) is 4.37. The molecular weight excluding hydrogens is 459 g/mol. The van der Waals surface area contributed by atoms with Crippen LogP contribution in [0.25, 0.3) is 10.9 Å². The molecule has 2 N–H and O–H groups in total. The second kappa shape index (κ2) is 8.05. The standard InChI is InChI=1S/C25H26F3N5O2/c1-13(15-7-6-8-17(19(15)26)25(27,28)23(3,4)35)30-21-16-11-18(24(12-29)9-10-24)33(5)22(34)20(16)31-14(2)32-21/h6-8,11,13,35H,9-10H2,1-5H3,(H,30,31,32)/t13-/m1/s1. The number of rotatable bonds is 6. The van der Waals surface area contributed by atoms with E-state index in [-0.39, 0.29) is 16.9 Å². The third kappa shape index (κ3) is 3.93. The van der Waals surface area contributed by atoms with Crippen LogP contribution in [0.1, 0.15) is 62.3 Å². The van der Waals surface area contributed by atoms with Crippen LogP contribution in [-0.4, -0.2) is 25.2 Å². The summed E-state index contributed by atoms with van der Waals surface area (Å²) in [7, 11) is 1.59. The number of aromatic nitrogens is 3. The molecule has 0 bridgehead atoms. The lowest BCUT2D eigenvalue weighted by molar-refractivity contribution is -0.170. The number of anilines is 1. The zero-order valence-corrected chi connectivity index (χ0v) is 20.1. The van der Waals surface area contributed by atoms with E-state index in [9.17, 15) is 23.9 Å². The molecule has 1 aliphatic rings. The van der Waals surface area contributed by atoms with Crippen molar-refractivity contribution < 1.29 is 18.3 Å². The van der Waals surface area contributed by atoms with Crippen molar-refractivity contribution in [2.75, 3.05) is 5.32 Å². The Bertz CT molecular complexity index is 1430. The molecule has 4 rings (SSSR count). The van der Waals surface area contributed by atoms with E-state index in [0.29, 0.717) is 29.7 Å². The quantitative estimate of drug-likeness (QED) is 0.538. The lowest BCUT2D eigenvalue weighted by Crippen LogP contribution is -2.41. The average Bonchev–Trinajstić information content (AvgIpc) is 3.56. The van der Waals surface area contributed by atoms with Gasteiger partial charge in [-0.15, -0.1) is 0 Å². The summed E-state index contributed by atoms with van der Waals surface area (Å²) in [4.78, 5) is 21.7. The van der Waals surface area contributed by atoms with E-state index in [2.05, 4.69) is 21.4 Å². The molecule has 1 atom stereocenters. The van der Waals surface area contributed by atoms with E-state index in [1.807, 2.05) is 0 Å². The van der Waals surface area contributed by atoms with Crippen molar-refractivity contribution in [3.8, 4) is 6.07 Å². The van der Waals surface area contributed by atoms with Gasteiger partial charge in [-0.3, -0.25) is 4.79 Å². The maximum atomic E-state index is 15.3. The van der Waals surface area contributed by atoms with Crippen LogP contribution in [0.15, 0.2) is 29.1 Å². The summed E-state index contributed by atoms with van der Waals surface area (Å²) in [5.41, 5.74) is -3.92. The molecule has 1 aromatic carbocycles. The number of nitrogens with zero attached hydrogens (tertiary/aromatic N) is 4. The van der Waals surface area contributed by atoms with Gasteiger partial charge < -0.3 is 15.0 Å². The minimum Gasteiger partial charge on any atom is -0.384 e. The first kappa shape index (κ1) is 24.7. The molecule has 0 amide bonds. The van der Waals surface area contributed by atoms with Crippen molar-refractivity contribution in [3.05, 3.63) is 63.1 Å². The summed E-state index contributed by atoms with van der Waals surface area (Å²) in [5.74, 6) is -4.46. The molecule has 7 nitrogen and oxygen atoms in total. The lowest BCUT2D eigenvalue weighted by atomic mass is 9.91. The van der Waals surface area contributed by atoms with Gasteiger partial charge in [-0.1, -0.05) is 12.1 Å². The molecular formula is C25H26F3N5O2. The van der Waals surface area contributed by atoms with Gasteiger partial charge in [0.25, 0.3) is 5.56 Å². The largest absolute Gasteiger partial charge is 0.384 e. The summed E-state index contributed by atoms with van der Waals surface area (Å²) >= 11 is 0. The molecule has 1 saturated carbocycles. The summed E-state index contributed by atoms with van der Waals surface area (Å²) in [6, 6.07) is 6.75. The van der Waals surface area contributed by atoms with Gasteiger partial charge in [0, 0.05) is 18.3 Å². The van der Waals surface area contributed by atoms with Crippen molar-refractivity contribution in [2.24, 2.45) is 7.05 Å². The molecule has 2 aromatic heterocycles. The Hall–Kier alpha value is -3.45. The van der Waals surface area contributed by atoms with Crippen LogP contribution in [-0.2, 0) is 18.4 Å². The molecule has 0 radical (unpaired) electrons. The number of fused-ring (bicyclic) bond motifs is 1. The van der Waals surface area contributed by atoms with E-state index in [1.165, 1.54) is 16.7 Å². The van der Waals surface area contributed by atoms with Gasteiger partial charge >= 0.3 is 5.92 Å². The molecule has 3 aromatic rings. The number of pyridine rings is 1. The van der Waals surface area contributed by atoms with Gasteiger partial charge in [0.05, 0.1) is 28.5 Å². The fourth-order valence-corrected chi connectivity index (χ4v) is 4.24. The first-order valence-corrected chi connectivity index (χ1v) is 11.2. The van der Waals surface area contributed by atoms with E-state index in [4.69, 9.17) is 0 Å². The highest BCUT2D eigenvalue weighted by molar-refractivity contribution is 5.89. The van der Waals surface area contributed by atoms with Crippen LogP contribution in [0.4, 0.5) is 19.0 Å². The summed E-state index contributed by atoms with van der Waals surface area (Å²) < 4.78 is 46.2. The van der Waals surface area contributed by atoms with Crippen LogP contribution in [0, 0.1) is 24.1 Å². The van der Waals surface area contributed by atoms with Crippen molar-refractivity contribution in [1.82, 2.24) is 14.5 Å². The zero-order valence-electron chi connectivity index (χ0n) is 20.1. The number of halogens is 3. The van der Waals surface area contributed by atoms with Gasteiger partial charge in [-0.25, -0.2) is 14.4 Å². The maximum absolute atomic E-state index is 15.3. The Labute approximate surface area is 200 Å². The first-order chi connectivity index (χ1) is 16.2. The van der Waals surface area contributed by atoms with Crippen molar-refractivity contribution in [2.45, 2.75) is 63.5 Å². The highest BCUT2D eigenvalue weighted by Crippen LogP contribution is 2.47. The number of nitriles is 1. The first-order valence-electron chi connectivity index (χ1n) is 11.2. The smallest absolute Gasteiger partial charge is 0.303 e. The number of hydrogen-bond donors (Lipinski definition) is 2. The number of benzene rings is 1. The van der Waals surface area contributed by atoms with Gasteiger partial charge in [0.15, 0.2) is 0 Å². The van der Waals surface area contributed by atoms with Gasteiger partial charge in [-0.2, -0.15) is 14.0 Å². The topological polar surface area (TPSA) is 104 Å². The number of aliphatic hydroxyl groups is 1. The average molecular weight is 486 g/mol. The van der Waals surface area contributed by atoms with Crippen molar-refractivity contribution >= 4 is 16.7 Å². The van der Waals surface area contributed by atoms with Crippen molar-refractivity contribution in [3.63, 3.8) is 0 Å². The monoisotopic (exact) mass is 485 g/mol. The Morgan fingerprint density at radius 1 is 1.29 bits per heavy atom. The Balaban J connectivity index is 1.82. The lowest BCUT2D eigenvalue weighted by Gasteiger charge is -2.30. The number of aryl methyl sites for hydroxylation is 1. The molecule has 0 spiro atoms. The van der Waals surface area contributed by atoms with Crippen LogP contribution < -0.4 is 10.9 Å². The van der Waals surface area contributed by atoms with Crippen LogP contribution in [0.2, 0.25) is 0 Å². The fraction of sp³-hybridized carbons (Fsp3) is 0.440. The van der Waals surface area contributed by atoms with Crippen LogP contribution in [0.5, 0.6) is 0 Å². The minimum atomic E-state index is -3.83. The molecule has 35 heavy (non-hydrogen) atoms. The van der Waals surface area contributed by atoms with Crippen molar-refractivity contribution in [1.29, 1.82) is 5.26 Å². The van der Waals surface area contributed by atoms with Gasteiger partial charge in [0.2, 0.25) is 0 Å². The Morgan fingerprint density at radius 2 is 1.94 bits per heavy atom. The highest BCUT2D eigenvalue weighted by Gasteiger charge is 2.49. The summed E-state index contributed by atoms with van der Waals surface area (Å²) in [6.07, 6.45) is 1.25. The maximum Gasteiger partial charge on any atom is 0.303 e. The molecule has 2 heterocycles. The molecule has 1 aliphatic carbocycles. The summed E-state index contributed by atoms with van der Waals surface area (Å²) in [5, 5.41) is 22.9. The zero-order chi connectivity index (χ0) is 25.9. The number of hydrogen-bond acceptors (Lipinski definition) is 6. The Kier molecular flexibility index (Phi) is 5.68. The van der Waals surface area contributed by atoms with Gasteiger partial charge in [-0.05, 0) is 52.7 Å². The van der Waals surface area contributed by atoms with Gasteiger partial charge in [0.1, 0.15) is 28.6 Å². The predicted molar refractivity (Wildman–Crippen MR) is 125 cm³/mol. The molecule has 10 heteroatoms. The Morgan fingerprint density at radius 3 is 2.51 bits per heavy atom. The summed E-state index contributed by atoms with van der Waals surface area (Å²) in [6.45, 7) is 5.02.